The minimum atomic E-state index is 0.439. The van der Waals surface area contributed by atoms with Crippen LogP contribution in [-0.4, -0.2) is 43.3 Å². The second-order valence-corrected chi connectivity index (χ2v) is 5.13. The third-order valence-electron chi connectivity index (χ3n) is 3.94. The summed E-state index contributed by atoms with van der Waals surface area (Å²) in [7, 11) is 0. The van der Waals surface area contributed by atoms with Crippen LogP contribution in [-0.2, 0) is 4.74 Å². The molecule has 0 amide bonds. The van der Waals surface area contributed by atoms with Crippen LogP contribution < -0.4 is 5.73 Å². The predicted molar refractivity (Wildman–Crippen MR) is 61.8 cm³/mol. The fourth-order valence-electron chi connectivity index (χ4n) is 2.80. The first-order chi connectivity index (χ1) is 7.27. The van der Waals surface area contributed by atoms with Crippen molar-refractivity contribution in [2.75, 3.05) is 26.3 Å². The van der Waals surface area contributed by atoms with Gasteiger partial charge in [-0.15, -0.1) is 0 Å². The lowest BCUT2D eigenvalue weighted by Crippen LogP contribution is -2.49. The highest BCUT2D eigenvalue weighted by molar-refractivity contribution is 4.83. The maximum Gasteiger partial charge on any atom is 0.0619 e. The maximum atomic E-state index is 6.18. The third kappa shape index (κ3) is 2.92. The summed E-state index contributed by atoms with van der Waals surface area (Å²) in [5.74, 6) is 0.722. The van der Waals surface area contributed by atoms with Crippen molar-refractivity contribution in [2.24, 2.45) is 11.7 Å². The molecule has 1 saturated heterocycles. The molecule has 3 unspecified atom stereocenters. The highest BCUT2D eigenvalue weighted by atomic mass is 16.5. The smallest absolute Gasteiger partial charge is 0.0619 e. The molecular formula is C12H24N2O. The molecule has 1 aliphatic heterocycles. The van der Waals surface area contributed by atoms with Crippen LogP contribution in [0.5, 0.6) is 0 Å². The number of hydrogen-bond acceptors (Lipinski definition) is 3. The average molecular weight is 212 g/mol. The van der Waals surface area contributed by atoms with Gasteiger partial charge in [-0.3, -0.25) is 4.90 Å². The number of nitrogens with zero attached hydrogens (tertiary/aromatic N) is 1. The first-order valence-corrected chi connectivity index (χ1v) is 6.35. The van der Waals surface area contributed by atoms with E-state index < -0.39 is 0 Å². The van der Waals surface area contributed by atoms with Crippen molar-refractivity contribution < 1.29 is 4.74 Å². The molecule has 0 aromatic heterocycles. The predicted octanol–water partition coefficient (Wildman–Crippen LogP) is 1.22. The normalized spacial score (nSPS) is 39.2. The lowest BCUT2D eigenvalue weighted by molar-refractivity contribution is -0.0111. The number of nitrogens with two attached hydrogens (primary N) is 1. The Hall–Kier alpha value is -0.120. The van der Waals surface area contributed by atoms with Crippen LogP contribution in [0.4, 0.5) is 0 Å². The maximum absolute atomic E-state index is 6.18. The highest BCUT2D eigenvalue weighted by Gasteiger charge is 2.27. The fraction of sp³-hybridized carbons (Fsp3) is 1.00. The zero-order valence-corrected chi connectivity index (χ0v) is 9.82. The molecule has 88 valence electrons. The van der Waals surface area contributed by atoms with Crippen molar-refractivity contribution in [1.29, 1.82) is 0 Å². The van der Waals surface area contributed by atoms with Crippen molar-refractivity contribution in [3.63, 3.8) is 0 Å². The summed E-state index contributed by atoms with van der Waals surface area (Å²) >= 11 is 0. The van der Waals surface area contributed by atoms with E-state index in [1.165, 1.54) is 32.2 Å². The van der Waals surface area contributed by atoms with Crippen LogP contribution >= 0.6 is 0 Å². The lowest BCUT2D eigenvalue weighted by atomic mass is 9.84. The molecule has 0 spiro atoms. The largest absolute Gasteiger partial charge is 0.379 e. The van der Waals surface area contributed by atoms with Crippen molar-refractivity contribution >= 4 is 0 Å². The lowest BCUT2D eigenvalue weighted by Gasteiger charge is -2.38. The van der Waals surface area contributed by atoms with Crippen LogP contribution in [0.15, 0.2) is 0 Å². The Labute approximate surface area is 93.0 Å². The molecule has 2 rings (SSSR count). The summed E-state index contributed by atoms with van der Waals surface area (Å²) in [4.78, 5) is 2.55. The molecule has 0 aromatic rings. The molecule has 2 fully saturated rings. The zero-order valence-electron chi connectivity index (χ0n) is 9.82. The van der Waals surface area contributed by atoms with Gasteiger partial charge >= 0.3 is 0 Å². The molecule has 2 N–H and O–H groups in total. The second kappa shape index (κ2) is 5.28. The van der Waals surface area contributed by atoms with Gasteiger partial charge in [-0.2, -0.15) is 0 Å². The summed E-state index contributed by atoms with van der Waals surface area (Å²) in [6, 6.07) is 1.02. The van der Waals surface area contributed by atoms with Gasteiger partial charge in [0.05, 0.1) is 13.2 Å². The Bertz CT molecular complexity index is 178. The number of ether oxygens (including phenoxy) is 1. The monoisotopic (exact) mass is 212 g/mol. The van der Waals surface area contributed by atoms with Gasteiger partial charge in [-0.1, -0.05) is 12.8 Å². The molecule has 1 heterocycles. The summed E-state index contributed by atoms with van der Waals surface area (Å²) < 4.78 is 5.46. The zero-order chi connectivity index (χ0) is 10.7. The number of morpholine rings is 1. The molecule has 1 aliphatic carbocycles. The third-order valence-corrected chi connectivity index (χ3v) is 3.94. The minimum Gasteiger partial charge on any atom is -0.379 e. The summed E-state index contributed by atoms with van der Waals surface area (Å²) in [6.07, 6.45) is 5.25. The molecule has 2 aliphatic rings. The summed E-state index contributed by atoms with van der Waals surface area (Å²) in [5.41, 5.74) is 6.18. The number of rotatable bonds is 2. The first-order valence-electron chi connectivity index (χ1n) is 6.35. The van der Waals surface area contributed by atoms with Crippen molar-refractivity contribution in [1.82, 2.24) is 4.90 Å². The Morgan fingerprint density at radius 2 is 2.13 bits per heavy atom. The summed E-state index contributed by atoms with van der Waals surface area (Å²) in [5, 5.41) is 0. The van der Waals surface area contributed by atoms with Gasteiger partial charge in [0.2, 0.25) is 0 Å². The Morgan fingerprint density at radius 3 is 2.87 bits per heavy atom. The van der Waals surface area contributed by atoms with Gasteiger partial charge in [-0.25, -0.2) is 0 Å². The molecule has 3 nitrogen and oxygen atoms in total. The van der Waals surface area contributed by atoms with E-state index in [9.17, 15) is 0 Å². The van der Waals surface area contributed by atoms with Gasteiger partial charge < -0.3 is 10.5 Å². The molecule has 0 bridgehead atoms. The van der Waals surface area contributed by atoms with Crippen molar-refractivity contribution in [3.8, 4) is 0 Å². The van der Waals surface area contributed by atoms with E-state index in [1.807, 2.05) is 0 Å². The molecule has 0 aromatic carbocycles. The SMILES string of the molecule is CC1COCCN1CC1CCCCC1N. The standard InChI is InChI=1S/C12H24N2O/c1-10-9-15-7-6-14(10)8-11-4-2-3-5-12(11)13/h10-12H,2-9,13H2,1H3. The Kier molecular flexibility index (Phi) is 4.00. The molecule has 3 atom stereocenters. The van der Waals surface area contributed by atoms with Gasteiger partial charge in [-0.05, 0) is 25.7 Å². The van der Waals surface area contributed by atoms with E-state index in [2.05, 4.69) is 11.8 Å². The topological polar surface area (TPSA) is 38.5 Å². The average Bonchev–Trinajstić information content (AvgIpc) is 2.24. The molecular weight excluding hydrogens is 188 g/mol. The van der Waals surface area contributed by atoms with Crippen LogP contribution in [0.25, 0.3) is 0 Å². The van der Waals surface area contributed by atoms with Crippen LogP contribution in [0.2, 0.25) is 0 Å². The van der Waals surface area contributed by atoms with E-state index in [1.54, 1.807) is 0 Å². The van der Waals surface area contributed by atoms with E-state index in [-0.39, 0.29) is 0 Å². The highest BCUT2D eigenvalue weighted by Crippen LogP contribution is 2.24. The quantitative estimate of drug-likeness (QED) is 0.748. The van der Waals surface area contributed by atoms with Crippen molar-refractivity contribution in [3.05, 3.63) is 0 Å². The van der Waals surface area contributed by atoms with Crippen LogP contribution in [0.3, 0.4) is 0 Å². The molecule has 15 heavy (non-hydrogen) atoms. The Balaban J connectivity index is 1.83. The summed E-state index contributed by atoms with van der Waals surface area (Å²) in [6.45, 7) is 6.32. The van der Waals surface area contributed by atoms with E-state index in [0.717, 1.165) is 25.7 Å². The first kappa shape index (κ1) is 11.4. The number of hydrogen-bond donors (Lipinski definition) is 1. The second-order valence-electron chi connectivity index (χ2n) is 5.13. The van der Waals surface area contributed by atoms with Crippen LogP contribution in [0.1, 0.15) is 32.6 Å². The minimum absolute atomic E-state index is 0.439. The van der Waals surface area contributed by atoms with E-state index in [0.29, 0.717) is 12.1 Å². The fourth-order valence-corrected chi connectivity index (χ4v) is 2.80. The molecule has 1 saturated carbocycles. The van der Waals surface area contributed by atoms with E-state index in [4.69, 9.17) is 10.5 Å². The van der Waals surface area contributed by atoms with Gasteiger partial charge in [0, 0.05) is 25.2 Å². The van der Waals surface area contributed by atoms with Gasteiger partial charge in [0.1, 0.15) is 0 Å². The van der Waals surface area contributed by atoms with Crippen molar-refractivity contribution in [2.45, 2.75) is 44.7 Å². The molecule has 0 radical (unpaired) electrons. The van der Waals surface area contributed by atoms with Crippen LogP contribution in [0, 0.1) is 5.92 Å². The molecule has 3 heteroatoms. The Morgan fingerprint density at radius 1 is 1.33 bits per heavy atom. The van der Waals surface area contributed by atoms with Gasteiger partial charge in [0.25, 0.3) is 0 Å². The van der Waals surface area contributed by atoms with Gasteiger partial charge in [0.15, 0.2) is 0 Å². The van der Waals surface area contributed by atoms with E-state index >= 15 is 0 Å².